The van der Waals surface area contributed by atoms with Crippen molar-refractivity contribution in [3.05, 3.63) is 17.5 Å². The van der Waals surface area contributed by atoms with Gasteiger partial charge in [-0.1, -0.05) is 0 Å². The molecule has 1 aromatic heterocycles. The highest BCUT2D eigenvalue weighted by atomic mass is 16.6. The predicted molar refractivity (Wildman–Crippen MR) is 65.8 cm³/mol. The van der Waals surface area contributed by atoms with Gasteiger partial charge in [0.05, 0.1) is 25.0 Å². The Hall–Kier alpha value is -2.05. The molecule has 0 aromatic carbocycles. The zero-order chi connectivity index (χ0) is 14.2. The van der Waals surface area contributed by atoms with Gasteiger partial charge in [0.25, 0.3) is 0 Å². The van der Waals surface area contributed by atoms with Gasteiger partial charge in [-0.25, -0.2) is 9.59 Å². The van der Waals surface area contributed by atoms with E-state index in [1.165, 1.54) is 11.1 Å². The summed E-state index contributed by atoms with van der Waals surface area (Å²) in [5, 5.41) is 13.1. The molecule has 7 heteroatoms. The van der Waals surface area contributed by atoms with Gasteiger partial charge in [-0.2, -0.15) is 5.10 Å². The minimum absolute atomic E-state index is 0.133. The Kier molecular flexibility index (Phi) is 3.21. The molecule has 1 aliphatic rings. The number of amides is 1. The summed E-state index contributed by atoms with van der Waals surface area (Å²) in [7, 11) is 0. The fourth-order valence-corrected chi connectivity index (χ4v) is 1.91. The first kappa shape index (κ1) is 13.4. The number of nitrogens with zero attached hydrogens (tertiary/aromatic N) is 3. The second-order valence-electron chi connectivity index (χ2n) is 5.44. The lowest BCUT2D eigenvalue weighted by atomic mass is 10.2. The Labute approximate surface area is 110 Å². The van der Waals surface area contributed by atoms with E-state index in [2.05, 4.69) is 5.10 Å². The van der Waals surface area contributed by atoms with Gasteiger partial charge in [0.15, 0.2) is 0 Å². The number of aromatic carboxylic acids is 1. The molecule has 2 heterocycles. The summed E-state index contributed by atoms with van der Waals surface area (Å²) in [4.78, 5) is 24.5. The van der Waals surface area contributed by atoms with E-state index in [-0.39, 0.29) is 12.1 Å². The van der Waals surface area contributed by atoms with Gasteiger partial charge >= 0.3 is 12.1 Å². The van der Waals surface area contributed by atoms with Crippen LogP contribution in [0.3, 0.4) is 0 Å². The Morgan fingerprint density at radius 2 is 2.05 bits per heavy atom. The fourth-order valence-electron chi connectivity index (χ4n) is 1.91. The molecule has 0 bridgehead atoms. The van der Waals surface area contributed by atoms with Crippen LogP contribution in [0.2, 0.25) is 0 Å². The van der Waals surface area contributed by atoms with Crippen molar-refractivity contribution in [2.75, 3.05) is 6.54 Å². The molecule has 1 N–H and O–H groups in total. The Bertz CT molecular complexity index is 516. The predicted octanol–water partition coefficient (Wildman–Crippen LogP) is 1.33. The van der Waals surface area contributed by atoms with Crippen molar-refractivity contribution in [2.24, 2.45) is 0 Å². The van der Waals surface area contributed by atoms with Crippen LogP contribution in [0.5, 0.6) is 0 Å². The summed E-state index contributed by atoms with van der Waals surface area (Å²) in [5.41, 5.74) is 0.0996. The molecule has 1 aliphatic heterocycles. The van der Waals surface area contributed by atoms with Crippen LogP contribution in [0.25, 0.3) is 0 Å². The number of rotatable bonds is 1. The Balaban J connectivity index is 2.15. The van der Waals surface area contributed by atoms with Crippen molar-refractivity contribution in [1.82, 2.24) is 14.7 Å². The first-order chi connectivity index (χ1) is 8.78. The normalized spacial score (nSPS) is 15.0. The van der Waals surface area contributed by atoms with E-state index in [1.54, 1.807) is 25.5 Å². The summed E-state index contributed by atoms with van der Waals surface area (Å²) < 4.78 is 6.89. The summed E-state index contributed by atoms with van der Waals surface area (Å²) in [5.74, 6) is -1.03. The van der Waals surface area contributed by atoms with Crippen molar-refractivity contribution in [1.29, 1.82) is 0 Å². The van der Waals surface area contributed by atoms with Crippen LogP contribution < -0.4 is 0 Å². The van der Waals surface area contributed by atoms with E-state index in [9.17, 15) is 9.59 Å². The molecule has 1 aromatic rings. The van der Waals surface area contributed by atoms with E-state index in [0.29, 0.717) is 18.8 Å². The zero-order valence-corrected chi connectivity index (χ0v) is 11.2. The Morgan fingerprint density at radius 1 is 1.37 bits per heavy atom. The molecule has 0 saturated carbocycles. The van der Waals surface area contributed by atoms with Crippen molar-refractivity contribution >= 4 is 12.1 Å². The lowest BCUT2D eigenvalue weighted by molar-refractivity contribution is 0.0191. The lowest BCUT2D eigenvalue weighted by Gasteiger charge is -2.30. The van der Waals surface area contributed by atoms with Crippen LogP contribution in [0, 0.1) is 0 Å². The summed E-state index contributed by atoms with van der Waals surface area (Å²) >= 11 is 0. The van der Waals surface area contributed by atoms with E-state index >= 15 is 0 Å². The first-order valence-corrected chi connectivity index (χ1v) is 6.04. The van der Waals surface area contributed by atoms with Crippen LogP contribution in [0.15, 0.2) is 6.20 Å². The molecule has 7 nitrogen and oxygen atoms in total. The minimum atomic E-state index is -1.03. The van der Waals surface area contributed by atoms with Crippen LogP contribution >= 0.6 is 0 Å². The molecule has 0 fully saturated rings. The molecule has 104 valence electrons. The minimum Gasteiger partial charge on any atom is -0.478 e. The third-order valence-electron chi connectivity index (χ3n) is 2.75. The van der Waals surface area contributed by atoms with Crippen LogP contribution in [0.4, 0.5) is 4.79 Å². The molecule has 0 spiro atoms. The number of fused-ring (bicyclic) bond motifs is 1. The maximum Gasteiger partial charge on any atom is 0.410 e. The molecular weight excluding hydrogens is 250 g/mol. The molecular formula is C12H17N3O4. The molecule has 19 heavy (non-hydrogen) atoms. The highest BCUT2D eigenvalue weighted by Crippen LogP contribution is 2.19. The van der Waals surface area contributed by atoms with Crippen LogP contribution in [-0.2, 0) is 17.8 Å². The highest BCUT2D eigenvalue weighted by Gasteiger charge is 2.29. The summed E-state index contributed by atoms with van der Waals surface area (Å²) in [6.07, 6.45) is 0.882. The first-order valence-electron chi connectivity index (χ1n) is 6.04. The van der Waals surface area contributed by atoms with Crippen LogP contribution in [-0.4, -0.2) is 44.0 Å². The maximum atomic E-state index is 12.0. The fraction of sp³-hybridized carbons (Fsp3) is 0.583. The quantitative estimate of drug-likeness (QED) is 0.829. The SMILES string of the molecule is CC(C)(C)OC(=O)N1CCn2ncc(C(=O)O)c2C1. The molecule has 0 saturated heterocycles. The average molecular weight is 267 g/mol. The van der Waals surface area contributed by atoms with Crippen molar-refractivity contribution < 1.29 is 19.4 Å². The van der Waals surface area contributed by atoms with Crippen molar-refractivity contribution in [3.63, 3.8) is 0 Å². The van der Waals surface area contributed by atoms with E-state index in [4.69, 9.17) is 9.84 Å². The molecule has 2 rings (SSSR count). The number of carbonyl (C=O) groups excluding carboxylic acids is 1. The van der Waals surface area contributed by atoms with Gasteiger partial charge in [0.2, 0.25) is 0 Å². The summed E-state index contributed by atoms with van der Waals surface area (Å²) in [6, 6.07) is 0. The third kappa shape index (κ3) is 2.86. The second-order valence-corrected chi connectivity index (χ2v) is 5.44. The van der Waals surface area contributed by atoms with E-state index in [0.717, 1.165) is 0 Å². The summed E-state index contributed by atoms with van der Waals surface area (Å²) in [6.45, 7) is 6.52. The van der Waals surface area contributed by atoms with Gasteiger partial charge in [-0.3, -0.25) is 4.68 Å². The van der Waals surface area contributed by atoms with Crippen LogP contribution in [0.1, 0.15) is 36.8 Å². The number of hydrogen-bond donors (Lipinski definition) is 1. The molecule has 1 amide bonds. The van der Waals surface area contributed by atoms with Gasteiger partial charge in [-0.05, 0) is 20.8 Å². The topological polar surface area (TPSA) is 84.7 Å². The molecule has 0 radical (unpaired) electrons. The highest BCUT2D eigenvalue weighted by molar-refractivity contribution is 5.88. The third-order valence-corrected chi connectivity index (χ3v) is 2.75. The molecule has 0 atom stereocenters. The molecule has 0 aliphatic carbocycles. The van der Waals surface area contributed by atoms with Crippen molar-refractivity contribution in [2.45, 2.75) is 39.5 Å². The monoisotopic (exact) mass is 267 g/mol. The Morgan fingerprint density at radius 3 is 2.63 bits per heavy atom. The number of carboxylic acids is 1. The smallest absolute Gasteiger partial charge is 0.410 e. The number of carboxylic acid groups (broad SMARTS) is 1. The van der Waals surface area contributed by atoms with E-state index in [1.807, 2.05) is 0 Å². The number of aromatic nitrogens is 2. The maximum absolute atomic E-state index is 12.0. The molecule has 0 unspecified atom stereocenters. The largest absolute Gasteiger partial charge is 0.478 e. The van der Waals surface area contributed by atoms with Gasteiger partial charge in [-0.15, -0.1) is 0 Å². The second kappa shape index (κ2) is 4.56. The number of hydrogen-bond acceptors (Lipinski definition) is 4. The van der Waals surface area contributed by atoms with E-state index < -0.39 is 17.7 Å². The lowest BCUT2D eigenvalue weighted by Crippen LogP contribution is -2.42. The van der Waals surface area contributed by atoms with Gasteiger partial charge in [0, 0.05) is 6.54 Å². The van der Waals surface area contributed by atoms with Gasteiger partial charge in [0.1, 0.15) is 11.2 Å². The standard InChI is InChI=1S/C12H17N3O4/c1-12(2,3)19-11(18)14-4-5-15-9(7-14)8(6-13-15)10(16)17/h6H,4-5,7H2,1-3H3,(H,16,17). The average Bonchev–Trinajstić information content (AvgIpc) is 2.68. The van der Waals surface area contributed by atoms with Crippen molar-refractivity contribution in [3.8, 4) is 0 Å². The zero-order valence-electron chi connectivity index (χ0n) is 11.2. The number of carbonyl (C=O) groups is 2. The van der Waals surface area contributed by atoms with Gasteiger partial charge < -0.3 is 14.7 Å². The number of ether oxygens (including phenoxy) is 1.